The van der Waals surface area contributed by atoms with Crippen molar-refractivity contribution >= 4 is 33.2 Å². The maximum atomic E-state index is 12.7. The number of hydrogen-bond acceptors (Lipinski definition) is 6. The fraction of sp³-hybridized carbons (Fsp3) is 0.444. The molecule has 0 atom stereocenters. The number of carbonyl (C=O) groups is 1. The summed E-state index contributed by atoms with van der Waals surface area (Å²) < 4.78 is 28.6. The molecule has 140 valence electrons. The smallest absolute Gasteiger partial charge is 0.236 e. The molecular formula is C18H22N2O4S2. The fourth-order valence-electron chi connectivity index (χ4n) is 3.09. The summed E-state index contributed by atoms with van der Waals surface area (Å²) >= 11 is 1.54. The lowest BCUT2D eigenvalue weighted by atomic mass is 10.0. The lowest BCUT2D eigenvalue weighted by Gasteiger charge is -2.29. The fourth-order valence-corrected chi connectivity index (χ4v) is 4.81. The first-order valence-electron chi connectivity index (χ1n) is 8.40. The molecule has 0 spiro atoms. The van der Waals surface area contributed by atoms with Crippen LogP contribution in [0.3, 0.4) is 0 Å². The number of fused-ring (bicyclic) bond motifs is 1. The summed E-state index contributed by atoms with van der Waals surface area (Å²) in [5, 5.41) is 3.93. The molecule has 0 saturated heterocycles. The summed E-state index contributed by atoms with van der Waals surface area (Å²) in [6.45, 7) is 4.43. The average molecular weight is 395 g/mol. The van der Waals surface area contributed by atoms with Gasteiger partial charge in [-0.15, -0.1) is 11.8 Å². The number of amides is 1. The molecule has 8 heteroatoms. The largest absolute Gasteiger partial charge is 0.361 e. The Hall–Kier alpha value is -1.80. The number of hydrogen-bond donors (Lipinski definition) is 0. The normalized spacial score (nSPS) is 14.3. The van der Waals surface area contributed by atoms with Gasteiger partial charge in [0.05, 0.1) is 16.3 Å². The monoisotopic (exact) mass is 394 g/mol. The van der Waals surface area contributed by atoms with Crippen LogP contribution in [0.25, 0.3) is 0 Å². The maximum absolute atomic E-state index is 12.7. The van der Waals surface area contributed by atoms with E-state index in [4.69, 9.17) is 4.52 Å². The number of nitrogens with zero attached hydrogens (tertiary/aromatic N) is 2. The molecule has 6 nitrogen and oxygen atoms in total. The molecule has 1 aliphatic heterocycles. The number of rotatable bonds is 5. The van der Waals surface area contributed by atoms with Gasteiger partial charge in [0.1, 0.15) is 5.76 Å². The van der Waals surface area contributed by atoms with Crippen LogP contribution in [0.5, 0.6) is 0 Å². The van der Waals surface area contributed by atoms with E-state index in [0.717, 1.165) is 41.1 Å². The standard InChI is InChI=1S/C18H22N2O4S2/c1-12-16(13(2)24-19-12)10-25-11-18(21)20-8-4-5-14-9-15(26(3,22)23)6-7-17(14)20/h6-7,9H,4-5,8,10-11H2,1-3H3. The van der Waals surface area contributed by atoms with Crippen LogP contribution in [-0.4, -0.2) is 38.0 Å². The van der Waals surface area contributed by atoms with Crippen LogP contribution in [0.1, 0.15) is 29.0 Å². The van der Waals surface area contributed by atoms with Crippen LogP contribution in [0.4, 0.5) is 5.69 Å². The highest BCUT2D eigenvalue weighted by Crippen LogP contribution is 2.30. The van der Waals surface area contributed by atoms with Crippen LogP contribution >= 0.6 is 11.8 Å². The Bertz CT molecular complexity index is 915. The Morgan fingerprint density at radius 1 is 1.35 bits per heavy atom. The zero-order valence-electron chi connectivity index (χ0n) is 15.1. The van der Waals surface area contributed by atoms with Gasteiger partial charge in [0, 0.05) is 29.8 Å². The first-order chi connectivity index (χ1) is 12.3. The Morgan fingerprint density at radius 3 is 2.77 bits per heavy atom. The highest BCUT2D eigenvalue weighted by Gasteiger charge is 2.24. The topological polar surface area (TPSA) is 80.5 Å². The molecule has 0 fully saturated rings. The van der Waals surface area contributed by atoms with E-state index >= 15 is 0 Å². The highest BCUT2D eigenvalue weighted by atomic mass is 32.2. The Kier molecular flexibility index (Phi) is 5.43. The SMILES string of the molecule is Cc1noc(C)c1CSCC(=O)N1CCCc2cc(S(C)(=O)=O)ccc21. The third kappa shape index (κ3) is 3.96. The molecule has 0 bridgehead atoms. The van der Waals surface area contributed by atoms with Crippen molar-refractivity contribution in [2.45, 2.75) is 37.3 Å². The van der Waals surface area contributed by atoms with Gasteiger partial charge in [-0.2, -0.15) is 0 Å². The first kappa shape index (κ1) is 19.0. The number of anilines is 1. The molecule has 1 aromatic heterocycles. The molecule has 2 heterocycles. The minimum absolute atomic E-state index is 0.0369. The second-order valence-corrected chi connectivity index (χ2v) is 9.51. The number of sulfone groups is 1. The Labute approximate surface area is 157 Å². The predicted molar refractivity (Wildman–Crippen MR) is 102 cm³/mol. The lowest BCUT2D eigenvalue weighted by Crippen LogP contribution is -2.36. The van der Waals surface area contributed by atoms with E-state index in [-0.39, 0.29) is 5.91 Å². The Morgan fingerprint density at radius 2 is 2.12 bits per heavy atom. The molecule has 1 aromatic carbocycles. The molecule has 0 saturated carbocycles. The summed E-state index contributed by atoms with van der Waals surface area (Å²) in [4.78, 5) is 14.8. The van der Waals surface area contributed by atoms with Crippen LogP contribution in [0.15, 0.2) is 27.6 Å². The molecule has 0 radical (unpaired) electrons. The van der Waals surface area contributed by atoms with Crippen LogP contribution < -0.4 is 4.90 Å². The maximum Gasteiger partial charge on any atom is 0.236 e. The molecule has 0 N–H and O–H groups in total. The quantitative estimate of drug-likeness (QED) is 0.776. The molecule has 1 aliphatic rings. The van der Waals surface area contributed by atoms with Gasteiger partial charge in [-0.3, -0.25) is 4.79 Å². The van der Waals surface area contributed by atoms with Gasteiger partial charge in [0.2, 0.25) is 5.91 Å². The van der Waals surface area contributed by atoms with Crippen molar-refractivity contribution in [1.29, 1.82) is 0 Å². The molecule has 0 unspecified atom stereocenters. The van der Waals surface area contributed by atoms with Crippen molar-refractivity contribution in [1.82, 2.24) is 5.16 Å². The zero-order chi connectivity index (χ0) is 18.9. The van der Waals surface area contributed by atoms with Crippen molar-refractivity contribution < 1.29 is 17.7 Å². The summed E-state index contributed by atoms with van der Waals surface area (Å²) in [5.74, 6) is 1.87. The van der Waals surface area contributed by atoms with Crippen LogP contribution in [0.2, 0.25) is 0 Å². The molecule has 26 heavy (non-hydrogen) atoms. The lowest BCUT2D eigenvalue weighted by molar-refractivity contribution is -0.116. The third-order valence-electron chi connectivity index (χ3n) is 4.55. The molecular weight excluding hydrogens is 372 g/mol. The van der Waals surface area contributed by atoms with Crippen molar-refractivity contribution in [3.63, 3.8) is 0 Å². The summed E-state index contributed by atoms with van der Waals surface area (Å²) in [5.41, 5.74) is 3.65. The van der Waals surface area contributed by atoms with Crippen molar-refractivity contribution in [3.8, 4) is 0 Å². The van der Waals surface area contributed by atoms with Gasteiger partial charge in [0.25, 0.3) is 0 Å². The first-order valence-corrected chi connectivity index (χ1v) is 11.4. The van der Waals surface area contributed by atoms with E-state index in [2.05, 4.69) is 5.16 Å². The number of benzene rings is 1. The van der Waals surface area contributed by atoms with Gasteiger partial charge >= 0.3 is 0 Å². The van der Waals surface area contributed by atoms with Gasteiger partial charge < -0.3 is 9.42 Å². The van der Waals surface area contributed by atoms with Crippen molar-refractivity contribution in [2.24, 2.45) is 0 Å². The van der Waals surface area contributed by atoms with Gasteiger partial charge in [0.15, 0.2) is 9.84 Å². The van der Waals surface area contributed by atoms with Gasteiger partial charge in [-0.05, 0) is 50.5 Å². The van der Waals surface area contributed by atoms with Gasteiger partial charge in [-0.25, -0.2) is 8.42 Å². The number of thioether (sulfide) groups is 1. The minimum atomic E-state index is -3.24. The van der Waals surface area contributed by atoms with Crippen LogP contribution in [-0.2, 0) is 26.8 Å². The summed E-state index contributed by atoms with van der Waals surface area (Å²) in [6, 6.07) is 5.03. The van der Waals surface area contributed by atoms with E-state index in [1.54, 1.807) is 23.1 Å². The summed E-state index contributed by atoms with van der Waals surface area (Å²) in [6.07, 6.45) is 2.82. The molecule has 1 amide bonds. The minimum Gasteiger partial charge on any atom is -0.361 e. The number of aromatic nitrogens is 1. The number of aryl methyl sites for hydroxylation is 3. The van der Waals surface area contributed by atoms with E-state index in [9.17, 15) is 13.2 Å². The predicted octanol–water partition coefficient (Wildman–Crippen LogP) is 2.91. The molecule has 3 rings (SSSR count). The van der Waals surface area contributed by atoms with Crippen molar-refractivity contribution in [3.05, 3.63) is 40.8 Å². The summed E-state index contributed by atoms with van der Waals surface area (Å²) in [7, 11) is -3.24. The van der Waals surface area contributed by atoms with Crippen LogP contribution in [0, 0.1) is 13.8 Å². The average Bonchev–Trinajstić information content (AvgIpc) is 2.91. The van der Waals surface area contributed by atoms with E-state index in [0.29, 0.717) is 22.9 Å². The third-order valence-corrected chi connectivity index (χ3v) is 6.61. The van der Waals surface area contributed by atoms with Crippen molar-refractivity contribution in [2.75, 3.05) is 23.5 Å². The number of carbonyl (C=O) groups excluding carboxylic acids is 1. The van der Waals surface area contributed by atoms with E-state index < -0.39 is 9.84 Å². The second-order valence-electron chi connectivity index (χ2n) is 6.51. The molecule has 0 aliphatic carbocycles. The second kappa shape index (κ2) is 7.44. The van der Waals surface area contributed by atoms with E-state index in [1.165, 1.54) is 18.0 Å². The Balaban J connectivity index is 1.70. The van der Waals surface area contributed by atoms with Gasteiger partial charge in [-0.1, -0.05) is 5.16 Å². The van der Waals surface area contributed by atoms with E-state index in [1.807, 2.05) is 13.8 Å². The molecule has 2 aromatic rings. The highest BCUT2D eigenvalue weighted by molar-refractivity contribution is 7.99. The zero-order valence-corrected chi connectivity index (χ0v) is 16.7.